The Morgan fingerprint density at radius 1 is 1.14 bits per heavy atom. The van der Waals surface area contributed by atoms with Crippen LogP contribution >= 0.6 is 0 Å². The number of rotatable bonds is 7. The average molecular weight is 377 g/mol. The molecule has 7 nitrogen and oxygen atoms in total. The van der Waals surface area contributed by atoms with E-state index >= 15 is 0 Å². The largest absolute Gasteiger partial charge is 0.493 e. The van der Waals surface area contributed by atoms with Gasteiger partial charge in [-0.3, -0.25) is 4.79 Å². The molecule has 0 fully saturated rings. The van der Waals surface area contributed by atoms with Crippen LogP contribution in [0.1, 0.15) is 18.4 Å². The highest BCUT2D eigenvalue weighted by Gasteiger charge is 2.15. The van der Waals surface area contributed by atoms with Crippen LogP contribution in [0.15, 0.2) is 59.3 Å². The lowest BCUT2D eigenvalue weighted by atomic mass is 10.1. The number of nitrogens with one attached hydrogen (secondary N) is 1. The van der Waals surface area contributed by atoms with E-state index in [-0.39, 0.29) is 24.9 Å². The quantitative estimate of drug-likeness (QED) is 0.491. The predicted octanol–water partition coefficient (Wildman–Crippen LogP) is 3.90. The van der Waals surface area contributed by atoms with Gasteiger partial charge in [-0.2, -0.15) is 4.98 Å². The summed E-state index contributed by atoms with van der Waals surface area (Å²) < 4.78 is 16.1. The molecule has 0 amide bonds. The number of benzene rings is 2. The number of ether oxygens (including phenoxy) is 2. The van der Waals surface area contributed by atoms with Gasteiger partial charge >= 0.3 is 5.97 Å². The minimum absolute atomic E-state index is 0.0784. The second-order valence-corrected chi connectivity index (χ2v) is 6.14. The number of aromatic nitrogens is 3. The number of carbonyl (C=O) groups excluding carboxylic acids is 1. The van der Waals surface area contributed by atoms with Crippen LogP contribution in [-0.4, -0.2) is 27.7 Å². The molecule has 0 unspecified atom stereocenters. The topological polar surface area (TPSA) is 90.2 Å². The summed E-state index contributed by atoms with van der Waals surface area (Å²) in [5, 5.41) is 4.97. The maximum absolute atomic E-state index is 12.2. The molecule has 0 bridgehead atoms. The van der Waals surface area contributed by atoms with Crippen molar-refractivity contribution in [3.8, 4) is 17.1 Å². The SMILES string of the molecule is CCOc1ccccc1-c1noc(COC(=O)Cc2c[nH]c3ccccc23)n1. The van der Waals surface area contributed by atoms with Crippen molar-refractivity contribution in [3.63, 3.8) is 0 Å². The van der Waals surface area contributed by atoms with E-state index in [0.29, 0.717) is 18.2 Å². The van der Waals surface area contributed by atoms with Crippen molar-refractivity contribution in [1.82, 2.24) is 15.1 Å². The van der Waals surface area contributed by atoms with Gasteiger partial charge in [0.25, 0.3) is 5.89 Å². The molecule has 0 aliphatic rings. The fraction of sp³-hybridized carbons (Fsp3) is 0.190. The van der Waals surface area contributed by atoms with E-state index < -0.39 is 0 Å². The molecular formula is C21H19N3O4. The number of fused-ring (bicyclic) bond motifs is 1. The minimum Gasteiger partial charge on any atom is -0.493 e. The first kappa shape index (κ1) is 17.8. The van der Waals surface area contributed by atoms with Crippen molar-refractivity contribution in [2.45, 2.75) is 20.0 Å². The molecule has 4 rings (SSSR count). The van der Waals surface area contributed by atoms with E-state index in [0.717, 1.165) is 22.0 Å². The Balaban J connectivity index is 1.40. The second kappa shape index (κ2) is 7.96. The Morgan fingerprint density at radius 2 is 1.96 bits per heavy atom. The van der Waals surface area contributed by atoms with E-state index in [1.807, 2.05) is 61.7 Å². The van der Waals surface area contributed by atoms with Crippen molar-refractivity contribution in [3.05, 3.63) is 66.2 Å². The lowest BCUT2D eigenvalue weighted by molar-refractivity contribution is -0.144. The first-order chi connectivity index (χ1) is 13.7. The lowest BCUT2D eigenvalue weighted by Gasteiger charge is -2.06. The third kappa shape index (κ3) is 3.73. The van der Waals surface area contributed by atoms with E-state index in [2.05, 4.69) is 15.1 Å². The van der Waals surface area contributed by atoms with Crippen molar-refractivity contribution in [1.29, 1.82) is 0 Å². The summed E-state index contributed by atoms with van der Waals surface area (Å²) in [6.07, 6.45) is 1.99. The summed E-state index contributed by atoms with van der Waals surface area (Å²) in [5.74, 6) is 0.938. The van der Waals surface area contributed by atoms with Gasteiger partial charge in [0.2, 0.25) is 5.82 Å². The molecule has 0 aliphatic carbocycles. The van der Waals surface area contributed by atoms with Gasteiger partial charge in [-0.25, -0.2) is 0 Å². The van der Waals surface area contributed by atoms with Crippen molar-refractivity contribution in [2.75, 3.05) is 6.61 Å². The molecule has 2 aromatic carbocycles. The summed E-state index contributed by atoms with van der Waals surface area (Å²) in [6, 6.07) is 15.2. The molecule has 2 heterocycles. The Kier molecular flexibility index (Phi) is 5.05. The standard InChI is InChI=1S/C21H19N3O4/c1-2-26-18-10-6-4-8-16(18)21-23-19(28-24-21)13-27-20(25)11-14-12-22-17-9-5-3-7-15(14)17/h3-10,12,22H,2,11,13H2,1H3. The molecule has 1 N–H and O–H groups in total. The average Bonchev–Trinajstić information content (AvgIpc) is 3.35. The highest BCUT2D eigenvalue weighted by Crippen LogP contribution is 2.27. The fourth-order valence-corrected chi connectivity index (χ4v) is 2.98. The maximum atomic E-state index is 12.2. The molecule has 0 aliphatic heterocycles. The van der Waals surface area contributed by atoms with Gasteiger partial charge in [0.15, 0.2) is 6.61 Å². The molecular weight excluding hydrogens is 358 g/mol. The molecule has 0 saturated heterocycles. The van der Waals surface area contributed by atoms with Crippen LogP contribution in [-0.2, 0) is 22.6 Å². The summed E-state index contributed by atoms with van der Waals surface area (Å²) in [6.45, 7) is 2.36. The number of H-pyrrole nitrogens is 1. The van der Waals surface area contributed by atoms with Crippen molar-refractivity contribution < 1.29 is 18.8 Å². The third-order valence-corrected chi connectivity index (χ3v) is 4.26. The number of nitrogens with zero attached hydrogens (tertiary/aromatic N) is 2. The normalized spacial score (nSPS) is 10.9. The van der Waals surface area contributed by atoms with Crippen molar-refractivity contribution >= 4 is 16.9 Å². The Labute approximate surface area is 161 Å². The number of hydrogen-bond acceptors (Lipinski definition) is 6. The summed E-state index contributed by atoms with van der Waals surface area (Å²) in [5.41, 5.74) is 2.60. The van der Waals surface area contributed by atoms with Gasteiger partial charge in [0.05, 0.1) is 18.6 Å². The zero-order valence-electron chi connectivity index (χ0n) is 15.3. The molecule has 142 valence electrons. The van der Waals surface area contributed by atoms with Crippen molar-refractivity contribution in [2.24, 2.45) is 0 Å². The highest BCUT2D eigenvalue weighted by molar-refractivity contribution is 5.87. The van der Waals surface area contributed by atoms with Crippen LogP contribution in [0.5, 0.6) is 5.75 Å². The molecule has 0 saturated carbocycles. The van der Waals surface area contributed by atoms with Crippen LogP contribution < -0.4 is 4.74 Å². The molecule has 0 spiro atoms. The molecule has 28 heavy (non-hydrogen) atoms. The van der Waals surface area contributed by atoms with E-state index in [1.54, 1.807) is 0 Å². The van der Waals surface area contributed by atoms with E-state index in [9.17, 15) is 4.79 Å². The zero-order chi connectivity index (χ0) is 19.3. The monoisotopic (exact) mass is 377 g/mol. The Hall–Kier alpha value is -3.61. The smallest absolute Gasteiger partial charge is 0.310 e. The van der Waals surface area contributed by atoms with Gasteiger partial charge in [-0.15, -0.1) is 0 Å². The predicted molar refractivity (Wildman–Crippen MR) is 103 cm³/mol. The third-order valence-electron chi connectivity index (χ3n) is 4.26. The first-order valence-electron chi connectivity index (χ1n) is 9.00. The minimum atomic E-state index is -0.362. The number of aromatic amines is 1. The maximum Gasteiger partial charge on any atom is 0.310 e. The Bertz CT molecular complexity index is 1100. The van der Waals surface area contributed by atoms with Crippen LogP contribution in [0.3, 0.4) is 0 Å². The van der Waals surface area contributed by atoms with Gasteiger partial charge < -0.3 is 19.0 Å². The molecule has 4 aromatic rings. The van der Waals surface area contributed by atoms with Gasteiger partial charge in [0.1, 0.15) is 5.75 Å². The summed E-state index contributed by atoms with van der Waals surface area (Å²) in [7, 11) is 0. The van der Waals surface area contributed by atoms with Gasteiger partial charge in [0, 0.05) is 17.1 Å². The van der Waals surface area contributed by atoms with Crippen LogP contribution in [0.2, 0.25) is 0 Å². The molecule has 0 atom stereocenters. The van der Waals surface area contributed by atoms with Gasteiger partial charge in [-0.1, -0.05) is 35.5 Å². The Morgan fingerprint density at radius 3 is 2.86 bits per heavy atom. The molecule has 2 aromatic heterocycles. The lowest BCUT2D eigenvalue weighted by Crippen LogP contribution is -2.07. The number of para-hydroxylation sites is 2. The number of esters is 1. The molecule has 7 heteroatoms. The summed E-state index contributed by atoms with van der Waals surface area (Å²) >= 11 is 0. The first-order valence-corrected chi connectivity index (χ1v) is 9.00. The van der Waals surface area contributed by atoms with Crippen LogP contribution in [0, 0.1) is 0 Å². The van der Waals surface area contributed by atoms with Gasteiger partial charge in [-0.05, 0) is 30.7 Å². The fourth-order valence-electron chi connectivity index (χ4n) is 2.98. The van der Waals surface area contributed by atoms with Crippen LogP contribution in [0.25, 0.3) is 22.3 Å². The van der Waals surface area contributed by atoms with E-state index in [1.165, 1.54) is 0 Å². The molecule has 0 radical (unpaired) electrons. The second-order valence-electron chi connectivity index (χ2n) is 6.14. The number of carbonyl (C=O) groups is 1. The van der Waals surface area contributed by atoms with Crippen LogP contribution in [0.4, 0.5) is 0 Å². The highest BCUT2D eigenvalue weighted by atomic mass is 16.6. The van der Waals surface area contributed by atoms with E-state index in [4.69, 9.17) is 14.0 Å². The zero-order valence-corrected chi connectivity index (χ0v) is 15.3. The summed E-state index contributed by atoms with van der Waals surface area (Å²) in [4.78, 5) is 19.6. The number of hydrogen-bond donors (Lipinski definition) is 1.